The number of halogens is 4. The average molecular weight is 443 g/mol. The molecule has 0 aliphatic rings. The third-order valence-corrected chi connectivity index (χ3v) is 4.66. The van der Waals surface area contributed by atoms with Crippen LogP contribution in [0, 0.1) is 0 Å². The molecular weight excluding hydrogens is 429 g/mol. The molecule has 1 aromatic heterocycles. The standard InChI is InChI=1S/C18H14ClF3N4O2S/c19-13-5-7-14(8-6-13)28-10-15-25-26-17(29-15)24-16(27)23-9-11-1-3-12(4-2-11)18(20,21)22/h1-8H,9-10H2,(H2,23,24,26,27). The molecule has 2 N–H and O–H groups in total. The molecule has 11 heteroatoms. The van der Waals surface area contributed by atoms with Crippen LogP contribution in [-0.2, 0) is 19.3 Å². The highest BCUT2D eigenvalue weighted by Gasteiger charge is 2.29. The lowest BCUT2D eigenvalue weighted by atomic mass is 10.1. The van der Waals surface area contributed by atoms with Crippen molar-refractivity contribution >= 4 is 34.1 Å². The summed E-state index contributed by atoms with van der Waals surface area (Å²) in [5.41, 5.74) is -0.213. The van der Waals surface area contributed by atoms with Crippen LogP contribution in [-0.4, -0.2) is 16.2 Å². The molecule has 2 aromatic carbocycles. The molecule has 6 nitrogen and oxygen atoms in total. The van der Waals surface area contributed by atoms with Gasteiger partial charge in [-0.3, -0.25) is 5.32 Å². The van der Waals surface area contributed by atoms with Gasteiger partial charge in [-0.05, 0) is 42.0 Å². The number of nitrogens with zero attached hydrogens (tertiary/aromatic N) is 2. The van der Waals surface area contributed by atoms with Gasteiger partial charge >= 0.3 is 12.2 Å². The Bertz CT molecular complexity index is 962. The number of aromatic nitrogens is 2. The highest BCUT2D eigenvalue weighted by molar-refractivity contribution is 7.15. The molecule has 0 unspecified atom stereocenters. The topological polar surface area (TPSA) is 76.1 Å². The van der Waals surface area contributed by atoms with Crippen molar-refractivity contribution in [3.05, 3.63) is 69.7 Å². The lowest BCUT2D eigenvalue weighted by molar-refractivity contribution is -0.137. The van der Waals surface area contributed by atoms with E-state index in [2.05, 4.69) is 20.8 Å². The highest BCUT2D eigenvalue weighted by Crippen LogP contribution is 2.29. The SMILES string of the molecule is O=C(NCc1ccc(C(F)(F)F)cc1)Nc1nnc(COc2ccc(Cl)cc2)s1. The predicted octanol–water partition coefficient (Wildman–Crippen LogP) is 5.11. The minimum atomic E-state index is -4.39. The fourth-order valence-electron chi connectivity index (χ4n) is 2.17. The van der Waals surface area contributed by atoms with Gasteiger partial charge in [0.2, 0.25) is 5.13 Å². The summed E-state index contributed by atoms with van der Waals surface area (Å²) in [4.78, 5) is 11.9. The lowest BCUT2D eigenvalue weighted by Crippen LogP contribution is -2.28. The Morgan fingerprint density at radius 2 is 1.76 bits per heavy atom. The predicted molar refractivity (Wildman–Crippen MR) is 103 cm³/mol. The second-order valence-corrected chi connectivity index (χ2v) is 7.24. The second-order valence-electron chi connectivity index (χ2n) is 5.75. The van der Waals surface area contributed by atoms with Crippen molar-refractivity contribution in [2.24, 2.45) is 0 Å². The van der Waals surface area contributed by atoms with E-state index < -0.39 is 17.8 Å². The van der Waals surface area contributed by atoms with Crippen LogP contribution >= 0.6 is 22.9 Å². The lowest BCUT2D eigenvalue weighted by Gasteiger charge is -2.08. The number of hydrogen-bond acceptors (Lipinski definition) is 5. The van der Waals surface area contributed by atoms with E-state index in [0.717, 1.165) is 23.5 Å². The number of benzene rings is 2. The first kappa shape index (κ1) is 20.9. The fourth-order valence-corrected chi connectivity index (χ4v) is 2.95. The molecule has 0 fully saturated rings. The monoisotopic (exact) mass is 442 g/mol. The molecule has 0 atom stereocenters. The summed E-state index contributed by atoms with van der Waals surface area (Å²) in [5, 5.41) is 14.2. The molecule has 0 bridgehead atoms. The van der Waals surface area contributed by atoms with Crippen molar-refractivity contribution in [1.29, 1.82) is 0 Å². The van der Waals surface area contributed by atoms with Crippen LogP contribution in [0.1, 0.15) is 16.1 Å². The zero-order valence-corrected chi connectivity index (χ0v) is 16.2. The van der Waals surface area contributed by atoms with E-state index in [1.807, 2.05) is 0 Å². The van der Waals surface area contributed by atoms with Gasteiger partial charge in [0.05, 0.1) is 5.56 Å². The van der Waals surface area contributed by atoms with Gasteiger partial charge in [0, 0.05) is 11.6 Å². The quantitative estimate of drug-likeness (QED) is 0.556. The van der Waals surface area contributed by atoms with Crippen LogP contribution in [0.2, 0.25) is 5.02 Å². The molecule has 3 rings (SSSR count). The van der Waals surface area contributed by atoms with E-state index in [0.29, 0.717) is 21.3 Å². The average Bonchev–Trinajstić information content (AvgIpc) is 3.13. The van der Waals surface area contributed by atoms with E-state index in [1.54, 1.807) is 24.3 Å². The Labute approximate surface area is 172 Å². The summed E-state index contributed by atoms with van der Waals surface area (Å²) >= 11 is 6.94. The fraction of sp³-hybridized carbons (Fsp3) is 0.167. The molecule has 0 saturated heterocycles. The van der Waals surface area contributed by atoms with Gasteiger partial charge in [0.1, 0.15) is 12.4 Å². The van der Waals surface area contributed by atoms with Crippen LogP contribution in [0.5, 0.6) is 5.75 Å². The van der Waals surface area contributed by atoms with Crippen molar-refractivity contribution in [2.75, 3.05) is 5.32 Å². The van der Waals surface area contributed by atoms with Crippen molar-refractivity contribution in [2.45, 2.75) is 19.3 Å². The van der Waals surface area contributed by atoms with Gasteiger partial charge in [-0.1, -0.05) is 35.1 Å². The van der Waals surface area contributed by atoms with Gasteiger partial charge in [0.15, 0.2) is 5.01 Å². The van der Waals surface area contributed by atoms with E-state index in [4.69, 9.17) is 16.3 Å². The number of ether oxygens (including phenoxy) is 1. The molecular formula is C18H14ClF3N4O2S. The number of amides is 2. The molecule has 0 radical (unpaired) electrons. The van der Waals surface area contributed by atoms with E-state index >= 15 is 0 Å². The maximum Gasteiger partial charge on any atom is 0.416 e. The number of carbonyl (C=O) groups is 1. The van der Waals surface area contributed by atoms with Crippen molar-refractivity contribution in [3.63, 3.8) is 0 Å². The number of anilines is 1. The number of carbonyl (C=O) groups excluding carboxylic acids is 1. The number of urea groups is 1. The Morgan fingerprint density at radius 1 is 1.07 bits per heavy atom. The molecule has 0 spiro atoms. The Balaban J connectivity index is 1.45. The summed E-state index contributed by atoms with van der Waals surface area (Å²) < 4.78 is 43.2. The molecule has 29 heavy (non-hydrogen) atoms. The van der Waals surface area contributed by atoms with Gasteiger partial charge in [-0.2, -0.15) is 13.2 Å². The molecule has 0 saturated carbocycles. The molecule has 1 heterocycles. The third kappa shape index (κ3) is 6.33. The zero-order chi connectivity index (χ0) is 20.9. The Morgan fingerprint density at radius 3 is 2.41 bits per heavy atom. The van der Waals surface area contributed by atoms with Crippen LogP contribution in [0.4, 0.5) is 23.1 Å². The highest BCUT2D eigenvalue weighted by atomic mass is 35.5. The number of nitrogens with one attached hydrogen (secondary N) is 2. The van der Waals surface area contributed by atoms with Crippen molar-refractivity contribution in [1.82, 2.24) is 15.5 Å². The van der Waals surface area contributed by atoms with Crippen molar-refractivity contribution < 1.29 is 22.7 Å². The van der Waals surface area contributed by atoms with Crippen LogP contribution in [0.25, 0.3) is 0 Å². The molecule has 3 aromatic rings. The smallest absolute Gasteiger partial charge is 0.416 e. The molecule has 0 aliphatic heterocycles. The summed E-state index contributed by atoms with van der Waals surface area (Å²) in [7, 11) is 0. The van der Waals surface area contributed by atoms with Gasteiger partial charge in [-0.25, -0.2) is 4.79 Å². The molecule has 152 valence electrons. The van der Waals surface area contributed by atoms with E-state index in [1.165, 1.54) is 12.1 Å². The van der Waals surface area contributed by atoms with Gasteiger partial charge < -0.3 is 10.1 Å². The largest absolute Gasteiger partial charge is 0.486 e. The summed E-state index contributed by atoms with van der Waals surface area (Å²) in [6, 6.07) is 10.8. The Kier molecular flexibility index (Phi) is 6.55. The van der Waals surface area contributed by atoms with E-state index in [9.17, 15) is 18.0 Å². The zero-order valence-electron chi connectivity index (χ0n) is 14.7. The number of hydrogen-bond donors (Lipinski definition) is 2. The first-order chi connectivity index (χ1) is 13.8. The Hall–Kier alpha value is -2.85. The summed E-state index contributed by atoms with van der Waals surface area (Å²) in [6.45, 7) is 0.240. The van der Waals surface area contributed by atoms with Gasteiger partial charge in [0.25, 0.3) is 0 Å². The summed E-state index contributed by atoms with van der Waals surface area (Å²) in [5.74, 6) is 0.619. The van der Waals surface area contributed by atoms with Crippen LogP contribution in [0.15, 0.2) is 48.5 Å². The number of rotatable bonds is 6. The van der Waals surface area contributed by atoms with Crippen LogP contribution in [0.3, 0.4) is 0 Å². The summed E-state index contributed by atoms with van der Waals surface area (Å²) in [6.07, 6.45) is -4.39. The minimum absolute atomic E-state index is 0.0648. The van der Waals surface area contributed by atoms with Crippen molar-refractivity contribution in [3.8, 4) is 5.75 Å². The number of alkyl halides is 3. The first-order valence-corrected chi connectivity index (χ1v) is 9.41. The maximum absolute atomic E-state index is 12.5. The maximum atomic E-state index is 12.5. The minimum Gasteiger partial charge on any atom is -0.486 e. The second kappa shape index (κ2) is 9.10. The first-order valence-electron chi connectivity index (χ1n) is 8.21. The van der Waals surface area contributed by atoms with Crippen LogP contribution < -0.4 is 15.4 Å². The molecule has 2 amide bonds. The third-order valence-electron chi connectivity index (χ3n) is 3.60. The molecule has 0 aliphatic carbocycles. The van der Waals surface area contributed by atoms with E-state index in [-0.39, 0.29) is 18.3 Å². The van der Waals surface area contributed by atoms with Gasteiger partial charge in [-0.15, -0.1) is 10.2 Å². The normalized spacial score (nSPS) is 11.2.